The maximum atomic E-state index is 9.37. The number of para-hydroxylation sites is 1. The molecule has 10 aromatic rings. The minimum Gasteiger partial charge on any atom is -0.456 e. The average Bonchev–Trinajstić information content (AvgIpc) is 3.77. The van der Waals surface area contributed by atoms with Crippen LogP contribution in [0.3, 0.4) is 0 Å². The van der Waals surface area contributed by atoms with Gasteiger partial charge in [-0.05, 0) is 85.3 Å². The molecule has 2 heterocycles. The molecule has 0 amide bonds. The molecule has 8 aromatic carbocycles. The molecule has 2 heteroatoms. The number of hydrogen-bond donors (Lipinski definition) is 0. The molecule has 0 N–H and O–H groups in total. The van der Waals surface area contributed by atoms with Crippen molar-refractivity contribution in [1.82, 2.24) is 0 Å². The van der Waals surface area contributed by atoms with Crippen LogP contribution < -0.4 is 0 Å². The van der Waals surface area contributed by atoms with Crippen LogP contribution in [0.5, 0.6) is 0 Å². The van der Waals surface area contributed by atoms with Gasteiger partial charge < -0.3 is 8.83 Å². The fourth-order valence-corrected chi connectivity index (χ4v) is 6.95. The van der Waals surface area contributed by atoms with Crippen LogP contribution in [0.15, 0.2) is 166 Å². The molecule has 2 aromatic heterocycles. The standard InChI is InChI=1S/C44H26O2/c1-2-12-27(13-3-1)29-14-4-5-15-31(29)42-34-18-8-6-16-32(34)41(33-17-7-9-19-35(33)42)28-22-23-30-36-24-25-39-43(44(36)46-40(30)26-28)37-20-10-11-21-38(37)45-39/h1-26H/i6D,7D,8D,9D,16D,17D,18D,19D. The summed E-state index contributed by atoms with van der Waals surface area (Å²) in [6.45, 7) is 0. The Balaban J connectivity index is 1.40. The Kier molecular flexibility index (Phi) is 3.92. The molecule has 0 spiro atoms. The van der Waals surface area contributed by atoms with Gasteiger partial charge in [-0.25, -0.2) is 0 Å². The zero-order chi connectivity index (χ0) is 37.2. The average molecular weight is 595 g/mol. The molecule has 0 fully saturated rings. The number of benzene rings is 8. The third-order valence-electron chi connectivity index (χ3n) is 8.92. The van der Waals surface area contributed by atoms with Crippen molar-refractivity contribution in [3.05, 3.63) is 158 Å². The quantitative estimate of drug-likeness (QED) is 0.190. The van der Waals surface area contributed by atoms with Gasteiger partial charge in [-0.15, -0.1) is 0 Å². The summed E-state index contributed by atoms with van der Waals surface area (Å²) >= 11 is 0. The van der Waals surface area contributed by atoms with Crippen LogP contribution in [0.1, 0.15) is 11.0 Å². The van der Waals surface area contributed by atoms with Crippen molar-refractivity contribution in [2.75, 3.05) is 0 Å². The van der Waals surface area contributed by atoms with Gasteiger partial charge in [-0.2, -0.15) is 0 Å². The molecule has 0 radical (unpaired) electrons. The summed E-state index contributed by atoms with van der Waals surface area (Å²) in [5.41, 5.74) is 5.76. The number of fused-ring (bicyclic) bond motifs is 9. The lowest BCUT2D eigenvalue weighted by atomic mass is 9.84. The third-order valence-corrected chi connectivity index (χ3v) is 8.92. The molecule has 214 valence electrons. The zero-order valence-electron chi connectivity index (χ0n) is 32.2. The van der Waals surface area contributed by atoms with E-state index >= 15 is 0 Å². The van der Waals surface area contributed by atoms with Gasteiger partial charge in [0.1, 0.15) is 22.3 Å². The largest absolute Gasteiger partial charge is 0.456 e. The Hall–Kier alpha value is -6.12. The second-order valence-corrected chi connectivity index (χ2v) is 11.4. The monoisotopic (exact) mass is 594 g/mol. The molecule has 46 heavy (non-hydrogen) atoms. The molecule has 10 rings (SSSR count). The molecule has 0 aliphatic rings. The second kappa shape index (κ2) is 9.69. The first kappa shape index (κ1) is 18.6. The summed E-state index contributed by atoms with van der Waals surface area (Å²) in [5, 5.41) is 4.04. The van der Waals surface area contributed by atoms with Crippen LogP contribution in [0, 0.1) is 0 Å². The van der Waals surface area contributed by atoms with Crippen molar-refractivity contribution >= 4 is 65.4 Å². The molecule has 0 bridgehead atoms. The van der Waals surface area contributed by atoms with Crippen molar-refractivity contribution in [3.63, 3.8) is 0 Å². The molecule has 0 saturated heterocycles. The normalized spacial score (nSPS) is 14.3. The SMILES string of the molecule is [2H]c1c([2H])c([2H])c2c(-c3ccccc3-c3ccccc3)c3c([2H])c([2H])c([2H])c([2H])c3c(-c3ccc4c(c3)oc3c4ccc4oc5ccccc5c43)c2c1[2H]. The lowest BCUT2D eigenvalue weighted by Crippen LogP contribution is -1.92. The van der Waals surface area contributed by atoms with E-state index in [0.29, 0.717) is 33.4 Å². The molecular weight excluding hydrogens is 560 g/mol. The number of furan rings is 2. The highest BCUT2D eigenvalue weighted by molar-refractivity contribution is 6.24. The van der Waals surface area contributed by atoms with Gasteiger partial charge in [0.2, 0.25) is 0 Å². The second-order valence-electron chi connectivity index (χ2n) is 11.4. The van der Waals surface area contributed by atoms with Crippen LogP contribution in [0.2, 0.25) is 0 Å². The molecule has 0 unspecified atom stereocenters. The third kappa shape index (κ3) is 3.59. The topological polar surface area (TPSA) is 26.3 Å². The predicted molar refractivity (Wildman–Crippen MR) is 192 cm³/mol. The Bertz CT molecular complexity index is 3170. The van der Waals surface area contributed by atoms with Crippen molar-refractivity contribution in [3.8, 4) is 33.4 Å². The molecule has 0 saturated carbocycles. The Morgan fingerprint density at radius 2 is 1.02 bits per heavy atom. The molecule has 2 nitrogen and oxygen atoms in total. The van der Waals surface area contributed by atoms with E-state index in [-0.39, 0.29) is 51.3 Å². The van der Waals surface area contributed by atoms with E-state index in [0.717, 1.165) is 38.3 Å². The first-order chi connectivity index (χ1) is 26.2. The first-order valence-corrected chi connectivity index (χ1v) is 15.0. The summed E-state index contributed by atoms with van der Waals surface area (Å²) in [4.78, 5) is 0. The fourth-order valence-electron chi connectivity index (χ4n) is 6.95. The highest BCUT2D eigenvalue weighted by atomic mass is 16.3. The smallest absolute Gasteiger partial charge is 0.147 e. The van der Waals surface area contributed by atoms with Crippen molar-refractivity contribution in [1.29, 1.82) is 0 Å². The minimum absolute atomic E-state index is 0.148. The highest BCUT2D eigenvalue weighted by Gasteiger charge is 2.20. The van der Waals surface area contributed by atoms with Gasteiger partial charge in [0, 0.05) is 16.2 Å². The van der Waals surface area contributed by atoms with E-state index in [9.17, 15) is 5.48 Å². The summed E-state index contributed by atoms with van der Waals surface area (Å²) in [5.74, 6) is 0. The molecule has 0 aliphatic heterocycles. The van der Waals surface area contributed by atoms with Crippen LogP contribution in [-0.2, 0) is 0 Å². The maximum absolute atomic E-state index is 9.37. The van der Waals surface area contributed by atoms with Crippen LogP contribution >= 0.6 is 0 Å². The minimum atomic E-state index is -0.449. The van der Waals surface area contributed by atoms with Crippen molar-refractivity contribution in [2.24, 2.45) is 0 Å². The first-order valence-electron chi connectivity index (χ1n) is 19.0. The number of rotatable bonds is 3. The van der Waals surface area contributed by atoms with Crippen molar-refractivity contribution < 1.29 is 19.8 Å². The van der Waals surface area contributed by atoms with E-state index in [1.807, 2.05) is 103 Å². The van der Waals surface area contributed by atoms with E-state index in [2.05, 4.69) is 0 Å². The lowest BCUT2D eigenvalue weighted by Gasteiger charge is -2.19. The molecular formula is C44H26O2. The Morgan fingerprint density at radius 3 is 1.78 bits per heavy atom. The fraction of sp³-hybridized carbons (Fsp3) is 0. The number of hydrogen-bond acceptors (Lipinski definition) is 2. The molecule has 0 aliphatic carbocycles. The highest BCUT2D eigenvalue weighted by Crippen LogP contribution is 2.47. The summed E-state index contributed by atoms with van der Waals surface area (Å²) < 4.78 is 85.5. The van der Waals surface area contributed by atoms with Gasteiger partial charge in [0.15, 0.2) is 0 Å². The van der Waals surface area contributed by atoms with E-state index in [1.165, 1.54) is 0 Å². The van der Waals surface area contributed by atoms with Gasteiger partial charge >= 0.3 is 0 Å². The van der Waals surface area contributed by atoms with Crippen LogP contribution in [-0.4, -0.2) is 0 Å². The van der Waals surface area contributed by atoms with Gasteiger partial charge in [0.05, 0.1) is 16.4 Å². The predicted octanol–water partition coefficient (Wildman–Crippen LogP) is 12.8. The van der Waals surface area contributed by atoms with Crippen LogP contribution in [0.4, 0.5) is 0 Å². The van der Waals surface area contributed by atoms with E-state index < -0.39 is 24.2 Å². The van der Waals surface area contributed by atoms with Crippen molar-refractivity contribution in [2.45, 2.75) is 0 Å². The summed E-state index contributed by atoms with van der Waals surface area (Å²) in [6.07, 6.45) is 0. The van der Waals surface area contributed by atoms with Gasteiger partial charge in [-0.1, -0.05) is 127 Å². The lowest BCUT2D eigenvalue weighted by molar-refractivity contribution is 0.663. The van der Waals surface area contributed by atoms with E-state index in [4.69, 9.17) is 14.3 Å². The Morgan fingerprint density at radius 1 is 0.391 bits per heavy atom. The maximum Gasteiger partial charge on any atom is 0.147 e. The summed E-state index contributed by atoms with van der Waals surface area (Å²) in [7, 11) is 0. The Labute approximate surface area is 276 Å². The van der Waals surface area contributed by atoms with Gasteiger partial charge in [-0.3, -0.25) is 0 Å². The van der Waals surface area contributed by atoms with E-state index in [1.54, 1.807) is 6.07 Å². The molecule has 0 atom stereocenters. The van der Waals surface area contributed by atoms with Gasteiger partial charge in [0.25, 0.3) is 0 Å². The van der Waals surface area contributed by atoms with Crippen LogP contribution in [0.25, 0.3) is 98.8 Å². The summed E-state index contributed by atoms with van der Waals surface area (Å²) in [6, 6.07) is 31.1. The zero-order valence-corrected chi connectivity index (χ0v) is 24.2.